The van der Waals surface area contributed by atoms with Gasteiger partial charge >= 0.3 is 11.9 Å². The van der Waals surface area contributed by atoms with Crippen LogP contribution in [0, 0.1) is 0 Å². The monoisotopic (exact) mass is 278 g/mol. The molecule has 2 unspecified atom stereocenters. The Labute approximate surface area is 111 Å². The lowest BCUT2D eigenvalue weighted by Crippen LogP contribution is -2.45. The highest BCUT2D eigenvalue weighted by Crippen LogP contribution is 2.24. The molecule has 0 aromatic carbocycles. The smallest absolute Gasteiger partial charge is 0.333 e. The van der Waals surface area contributed by atoms with Crippen molar-refractivity contribution in [3.63, 3.8) is 0 Å². The maximum atomic E-state index is 11.3. The van der Waals surface area contributed by atoms with Crippen LogP contribution >= 0.6 is 0 Å². The first kappa shape index (κ1) is 17.8. The van der Waals surface area contributed by atoms with Gasteiger partial charge in [0.25, 0.3) is 0 Å². The minimum atomic E-state index is -1.88. The lowest BCUT2D eigenvalue weighted by Gasteiger charge is -2.31. The lowest BCUT2D eigenvalue weighted by molar-refractivity contribution is -0.220. The fourth-order valence-electron chi connectivity index (χ4n) is 1.77. The molecule has 2 atom stereocenters. The molecular formula is C12H22O7. The van der Waals surface area contributed by atoms with E-state index in [0.717, 1.165) is 0 Å². The van der Waals surface area contributed by atoms with E-state index in [9.17, 15) is 19.8 Å². The van der Waals surface area contributed by atoms with Crippen LogP contribution in [0.1, 0.15) is 46.0 Å². The predicted molar refractivity (Wildman–Crippen MR) is 65.1 cm³/mol. The highest BCUT2D eigenvalue weighted by molar-refractivity contribution is 5.80. The molecule has 0 aliphatic heterocycles. The number of esters is 1. The average Bonchev–Trinajstić information content (AvgIpc) is 2.28. The SMILES string of the molecule is CCCC(O)(CCC)C(O)OC(=O)CC(O)C(=O)O. The molecule has 7 heteroatoms. The third-order valence-corrected chi connectivity index (χ3v) is 2.71. The van der Waals surface area contributed by atoms with Crippen molar-refractivity contribution in [1.29, 1.82) is 0 Å². The van der Waals surface area contributed by atoms with Crippen molar-refractivity contribution in [3.8, 4) is 0 Å². The predicted octanol–water partition coefficient (Wildman–Crippen LogP) is 0.0149. The molecule has 0 bridgehead atoms. The number of aliphatic carboxylic acids is 1. The molecule has 0 heterocycles. The average molecular weight is 278 g/mol. The van der Waals surface area contributed by atoms with Crippen LogP contribution in [0.2, 0.25) is 0 Å². The Balaban J connectivity index is 4.50. The summed E-state index contributed by atoms with van der Waals surface area (Å²) in [7, 11) is 0. The number of aliphatic hydroxyl groups excluding tert-OH is 2. The molecule has 19 heavy (non-hydrogen) atoms. The molecule has 0 aliphatic rings. The number of aliphatic hydroxyl groups is 3. The first-order valence-corrected chi connectivity index (χ1v) is 6.27. The number of rotatable bonds is 9. The van der Waals surface area contributed by atoms with Gasteiger partial charge in [-0.15, -0.1) is 0 Å². The second kappa shape index (κ2) is 8.08. The molecule has 0 radical (unpaired) electrons. The summed E-state index contributed by atoms with van der Waals surface area (Å²) in [6.07, 6.45) is -2.73. The summed E-state index contributed by atoms with van der Waals surface area (Å²) in [4.78, 5) is 21.7. The van der Waals surface area contributed by atoms with Crippen molar-refractivity contribution in [1.82, 2.24) is 0 Å². The van der Waals surface area contributed by atoms with Crippen LogP contribution in [0.4, 0.5) is 0 Å². The van der Waals surface area contributed by atoms with Gasteiger partial charge in [-0.3, -0.25) is 4.79 Å². The molecule has 112 valence electrons. The van der Waals surface area contributed by atoms with E-state index >= 15 is 0 Å². The van der Waals surface area contributed by atoms with Gasteiger partial charge in [-0.25, -0.2) is 4.79 Å². The first-order valence-electron chi connectivity index (χ1n) is 6.27. The number of carboxylic acids is 1. The molecular weight excluding hydrogens is 256 g/mol. The maximum Gasteiger partial charge on any atom is 0.333 e. The molecule has 0 fully saturated rings. The molecule has 7 nitrogen and oxygen atoms in total. The minimum Gasteiger partial charge on any atom is -0.479 e. The van der Waals surface area contributed by atoms with Crippen LogP contribution in [0.3, 0.4) is 0 Å². The van der Waals surface area contributed by atoms with E-state index in [4.69, 9.17) is 10.2 Å². The van der Waals surface area contributed by atoms with E-state index in [0.29, 0.717) is 12.8 Å². The normalized spacial score (nSPS) is 14.8. The van der Waals surface area contributed by atoms with Gasteiger partial charge in [-0.05, 0) is 12.8 Å². The summed E-state index contributed by atoms with van der Waals surface area (Å²) in [6.45, 7) is 3.62. The second-order valence-corrected chi connectivity index (χ2v) is 4.50. The molecule has 0 saturated carbocycles. The van der Waals surface area contributed by atoms with Gasteiger partial charge in [0.2, 0.25) is 6.29 Å². The largest absolute Gasteiger partial charge is 0.479 e. The zero-order chi connectivity index (χ0) is 15.1. The Morgan fingerprint density at radius 2 is 1.63 bits per heavy atom. The molecule has 0 aliphatic carbocycles. The van der Waals surface area contributed by atoms with Gasteiger partial charge in [0.15, 0.2) is 6.10 Å². The van der Waals surface area contributed by atoms with Crippen LogP contribution in [0.25, 0.3) is 0 Å². The summed E-state index contributed by atoms with van der Waals surface area (Å²) in [5, 5.41) is 37.3. The van der Waals surface area contributed by atoms with E-state index in [1.165, 1.54) is 0 Å². The van der Waals surface area contributed by atoms with E-state index in [2.05, 4.69) is 4.74 Å². The van der Waals surface area contributed by atoms with Crippen LogP contribution < -0.4 is 0 Å². The van der Waals surface area contributed by atoms with Gasteiger partial charge in [-0.1, -0.05) is 26.7 Å². The van der Waals surface area contributed by atoms with Gasteiger partial charge in [0, 0.05) is 0 Å². The Morgan fingerprint density at radius 1 is 1.16 bits per heavy atom. The standard InChI is InChI=1S/C12H22O7/c1-3-5-12(18,6-4-2)11(17)19-9(14)7-8(13)10(15)16/h8,11,13,17-18H,3-7H2,1-2H3,(H,15,16). The first-order chi connectivity index (χ1) is 8.76. The van der Waals surface area contributed by atoms with Crippen LogP contribution in [0.5, 0.6) is 0 Å². The molecule has 4 N–H and O–H groups in total. The highest BCUT2D eigenvalue weighted by Gasteiger charge is 2.37. The molecule has 0 rings (SSSR count). The Kier molecular flexibility index (Phi) is 7.58. The second-order valence-electron chi connectivity index (χ2n) is 4.50. The van der Waals surface area contributed by atoms with Crippen molar-refractivity contribution >= 4 is 11.9 Å². The van der Waals surface area contributed by atoms with Gasteiger partial charge < -0.3 is 25.2 Å². The lowest BCUT2D eigenvalue weighted by atomic mass is 9.92. The minimum absolute atomic E-state index is 0.247. The molecule has 0 aromatic rings. The van der Waals surface area contributed by atoms with Crippen LogP contribution in [0.15, 0.2) is 0 Å². The zero-order valence-electron chi connectivity index (χ0n) is 11.2. The molecule has 0 spiro atoms. The Hall–Kier alpha value is -1.18. The van der Waals surface area contributed by atoms with Crippen LogP contribution in [-0.2, 0) is 14.3 Å². The zero-order valence-corrected chi connectivity index (χ0v) is 11.2. The Morgan fingerprint density at radius 3 is 2.00 bits per heavy atom. The van der Waals surface area contributed by atoms with E-state index in [-0.39, 0.29) is 12.8 Å². The third-order valence-electron chi connectivity index (χ3n) is 2.71. The van der Waals surface area contributed by atoms with Crippen molar-refractivity contribution < 1.29 is 34.8 Å². The summed E-state index contributed by atoms with van der Waals surface area (Å²) in [5.41, 5.74) is -1.55. The quantitative estimate of drug-likeness (QED) is 0.346. The summed E-state index contributed by atoms with van der Waals surface area (Å²) < 4.78 is 4.58. The van der Waals surface area contributed by atoms with Crippen molar-refractivity contribution in [2.24, 2.45) is 0 Å². The number of hydrogen-bond acceptors (Lipinski definition) is 6. The van der Waals surface area contributed by atoms with Crippen molar-refractivity contribution in [3.05, 3.63) is 0 Å². The Bertz CT molecular complexity index is 296. The summed E-state index contributed by atoms with van der Waals surface area (Å²) >= 11 is 0. The maximum absolute atomic E-state index is 11.3. The van der Waals surface area contributed by atoms with Gasteiger partial charge in [0.05, 0.1) is 6.42 Å². The topological polar surface area (TPSA) is 124 Å². The van der Waals surface area contributed by atoms with Crippen LogP contribution in [-0.4, -0.2) is 50.4 Å². The van der Waals surface area contributed by atoms with Gasteiger partial charge in [0.1, 0.15) is 5.60 Å². The van der Waals surface area contributed by atoms with E-state index in [1.807, 2.05) is 13.8 Å². The fraction of sp³-hybridized carbons (Fsp3) is 0.833. The number of hydrogen-bond donors (Lipinski definition) is 4. The molecule has 0 aromatic heterocycles. The highest BCUT2D eigenvalue weighted by atomic mass is 16.6. The van der Waals surface area contributed by atoms with Crippen molar-refractivity contribution in [2.75, 3.05) is 0 Å². The van der Waals surface area contributed by atoms with Crippen molar-refractivity contribution in [2.45, 2.75) is 63.9 Å². The third kappa shape index (κ3) is 6.00. The van der Waals surface area contributed by atoms with E-state index < -0.39 is 36.4 Å². The fourth-order valence-corrected chi connectivity index (χ4v) is 1.77. The number of carbonyl (C=O) groups is 2. The summed E-state index contributed by atoms with van der Waals surface area (Å²) in [5.74, 6) is -2.63. The number of carboxylic acid groups (broad SMARTS) is 1. The molecule has 0 amide bonds. The van der Waals surface area contributed by atoms with E-state index in [1.54, 1.807) is 0 Å². The number of ether oxygens (including phenoxy) is 1. The number of carbonyl (C=O) groups excluding carboxylic acids is 1. The van der Waals surface area contributed by atoms with Gasteiger partial charge in [-0.2, -0.15) is 0 Å². The molecule has 0 saturated heterocycles. The summed E-state index contributed by atoms with van der Waals surface area (Å²) in [6, 6.07) is 0.